The van der Waals surface area contributed by atoms with Crippen molar-refractivity contribution in [3.63, 3.8) is 0 Å². The summed E-state index contributed by atoms with van der Waals surface area (Å²) in [7, 11) is 0. The number of hydrogen-bond acceptors (Lipinski definition) is 0. The average Bonchev–Trinajstić information content (AvgIpc) is 0. The molecular weight excluding hydrogens is 137 g/mol. The van der Waals surface area contributed by atoms with E-state index in [9.17, 15) is 0 Å². The molecule has 0 aliphatic heterocycles. The third kappa shape index (κ3) is 20.7. The summed E-state index contributed by atoms with van der Waals surface area (Å²) in [4.78, 5) is 0. The normalized spacial score (nSPS) is 0. The van der Waals surface area contributed by atoms with E-state index in [1.54, 1.807) is 0 Å². The molecule has 0 fully saturated rings. The maximum Gasteiger partial charge on any atom is 0.316 e. The molecule has 0 aliphatic carbocycles. The Kier molecular flexibility index (Phi) is 301. The summed E-state index contributed by atoms with van der Waals surface area (Å²) in [5.41, 5.74) is 0. The zero-order valence-corrected chi connectivity index (χ0v) is 1.50. The Morgan fingerprint density at radius 3 is 1.00 bits per heavy atom. The zero-order chi connectivity index (χ0) is 0. The summed E-state index contributed by atoms with van der Waals surface area (Å²) < 4.78 is 0. The molecule has 0 aromatic carbocycles. The predicted octanol–water partition coefficient (Wildman–Crippen LogP) is -2.54. The van der Waals surface area contributed by atoms with Crippen LogP contribution < -0.4 is 0 Å². The molecule has 0 aliphatic rings. The predicted molar refractivity (Wildman–Crippen MR) is 45.5 cm³/mol. The van der Waals surface area contributed by atoms with Crippen LogP contribution in [0.5, 0.6) is 0 Å². The van der Waals surface area contributed by atoms with Gasteiger partial charge in [0.2, 0.25) is 0 Å². The van der Waals surface area contributed by atoms with Gasteiger partial charge in [-0.05, 0) is 11.0 Å². The molecule has 0 rings (SSSR count). The van der Waals surface area contributed by atoms with Gasteiger partial charge in [-0.15, -0.1) is 0 Å². The quantitative estimate of drug-likeness (QED) is 0.334. The van der Waals surface area contributed by atoms with Crippen LogP contribution in [-0.2, 0) is 0 Å². The van der Waals surface area contributed by atoms with Crippen molar-refractivity contribution in [1.29, 1.82) is 0 Å². The second-order valence-corrected chi connectivity index (χ2v) is 0. The van der Waals surface area contributed by atoms with E-state index < -0.39 is 0 Å². The number of rotatable bonds is 0. The van der Waals surface area contributed by atoms with Crippen LogP contribution in [0.25, 0.3) is 0 Å². The third-order valence-corrected chi connectivity index (χ3v) is 0. The van der Waals surface area contributed by atoms with Crippen molar-refractivity contribution in [3.8, 4) is 0 Å². The first kappa shape index (κ1) is 49.1. The van der Waals surface area contributed by atoms with Crippen molar-refractivity contribution < 1.29 is 0 Å². The van der Waals surface area contributed by atoms with Crippen LogP contribution >= 0.6 is 13.5 Å². The molecule has 5 heavy (non-hydrogen) atoms. The van der Waals surface area contributed by atoms with Gasteiger partial charge in [-0.2, -0.15) is 13.5 Å². The molecule has 0 amide bonds. The van der Waals surface area contributed by atoms with Gasteiger partial charge in [0.25, 0.3) is 0 Å². The molecule has 0 N–H and O–H groups in total. The average molecular weight is 151 g/mol. The summed E-state index contributed by atoms with van der Waals surface area (Å²) in [6.45, 7) is 0. The summed E-state index contributed by atoms with van der Waals surface area (Å²) in [6, 6.07) is 0. The molecule has 0 heterocycles. The monoisotopic (exact) mass is 150 g/mol. The fourth-order valence-corrected chi connectivity index (χ4v) is 0. The Bertz CT molecular complexity index is 11.6. The molecule has 0 bridgehead atoms. The topological polar surface area (TPSA) is 0 Å². The maximum absolute atomic E-state index is 0. The van der Waals surface area contributed by atoms with E-state index in [2.05, 4.69) is 0 Å². The molecular formula is CH14CaMgSSi. The molecule has 0 spiro atoms. The minimum Gasteiger partial charge on any atom is -0.0149 e. The second-order valence-electron chi connectivity index (χ2n) is 0. The zero-order valence-electron chi connectivity index (χ0n) is 0.500. The molecule has 4 heteroatoms. The van der Waals surface area contributed by atoms with E-state index in [4.69, 9.17) is 0 Å². The van der Waals surface area contributed by atoms with Gasteiger partial charge >= 0.3 is 60.8 Å². The minimum atomic E-state index is 0. The van der Waals surface area contributed by atoms with Gasteiger partial charge in [0.15, 0.2) is 0 Å². The van der Waals surface area contributed by atoms with Crippen molar-refractivity contribution in [2.75, 3.05) is 0 Å². The molecule has 0 unspecified atom stereocenters. The van der Waals surface area contributed by atoms with Crippen molar-refractivity contribution in [1.82, 2.24) is 0 Å². The Morgan fingerprint density at radius 1 is 1.00 bits per heavy atom. The van der Waals surface area contributed by atoms with E-state index in [1.807, 2.05) is 0 Å². The third-order valence-electron chi connectivity index (χ3n) is 0. The van der Waals surface area contributed by atoms with Crippen molar-refractivity contribution in [2.45, 2.75) is 7.43 Å². The molecule has 0 nitrogen and oxygen atoms in total. The van der Waals surface area contributed by atoms with E-state index in [0.717, 1.165) is 0 Å². The van der Waals surface area contributed by atoms with Gasteiger partial charge in [0, 0.05) is 0 Å². The van der Waals surface area contributed by atoms with Crippen LogP contribution in [0.3, 0.4) is 0 Å². The first-order valence-corrected chi connectivity index (χ1v) is 0. The molecule has 0 atom stereocenters. The Labute approximate surface area is 91.1 Å². The van der Waals surface area contributed by atoms with Crippen LogP contribution in [-0.4, -0.2) is 71.8 Å². The van der Waals surface area contributed by atoms with Gasteiger partial charge in [-0.1, -0.05) is 7.43 Å². The van der Waals surface area contributed by atoms with Crippen LogP contribution in [0, 0.1) is 0 Å². The number of hydrogen-bond donors (Lipinski definition) is 0. The van der Waals surface area contributed by atoms with Gasteiger partial charge in [-0.3, -0.25) is 0 Å². The molecule has 32 valence electrons. The summed E-state index contributed by atoms with van der Waals surface area (Å²) in [5, 5.41) is 0. The van der Waals surface area contributed by atoms with Crippen molar-refractivity contribution in [2.24, 2.45) is 0 Å². The van der Waals surface area contributed by atoms with E-state index in [-0.39, 0.29) is 92.7 Å². The fourth-order valence-electron chi connectivity index (χ4n) is 0. The first-order valence-electron chi connectivity index (χ1n) is 0. The van der Waals surface area contributed by atoms with Gasteiger partial charge in [0.1, 0.15) is 0 Å². The Hall–Kier alpha value is 2.59. The van der Waals surface area contributed by atoms with Crippen LogP contribution in [0.4, 0.5) is 0 Å². The van der Waals surface area contributed by atoms with Crippen molar-refractivity contribution in [3.05, 3.63) is 0 Å². The van der Waals surface area contributed by atoms with E-state index in [1.165, 1.54) is 0 Å². The SMILES string of the molecule is C.S.[CaH2].[MgH2].[SiH4]. The minimum absolute atomic E-state index is 0. The molecule has 0 saturated heterocycles. The fraction of sp³-hybridized carbons (Fsp3) is 1.00. The van der Waals surface area contributed by atoms with Gasteiger partial charge < -0.3 is 0 Å². The van der Waals surface area contributed by atoms with E-state index in [0.29, 0.717) is 0 Å². The maximum atomic E-state index is 0. The Balaban J connectivity index is 0. The first-order chi connectivity index (χ1) is 0. The van der Waals surface area contributed by atoms with Crippen LogP contribution in [0.1, 0.15) is 7.43 Å². The van der Waals surface area contributed by atoms with Gasteiger partial charge in [-0.25, -0.2) is 0 Å². The largest absolute Gasteiger partial charge is 0.316 e. The summed E-state index contributed by atoms with van der Waals surface area (Å²) >= 11 is 0. The summed E-state index contributed by atoms with van der Waals surface area (Å²) in [5.74, 6) is 0. The smallest absolute Gasteiger partial charge is 0.0149 e. The Morgan fingerprint density at radius 2 is 1.00 bits per heavy atom. The molecule has 0 aromatic heterocycles. The standard InChI is InChI=1S/CH4.Ca.Mg.H2S.H4Si.4H/h1H4;;;1H2;1H4;;;;. The molecule has 0 saturated carbocycles. The van der Waals surface area contributed by atoms with Crippen molar-refractivity contribution >= 4 is 85.3 Å². The molecule has 0 radical (unpaired) electrons. The van der Waals surface area contributed by atoms with Gasteiger partial charge in [0.05, 0.1) is 0 Å². The van der Waals surface area contributed by atoms with Crippen LogP contribution in [0.15, 0.2) is 0 Å². The van der Waals surface area contributed by atoms with E-state index >= 15 is 0 Å². The summed E-state index contributed by atoms with van der Waals surface area (Å²) in [6.07, 6.45) is 0. The van der Waals surface area contributed by atoms with Crippen LogP contribution in [0.2, 0.25) is 0 Å². The molecule has 0 aromatic rings. The second kappa shape index (κ2) is 30.7.